The van der Waals surface area contributed by atoms with Crippen LogP contribution in [0.4, 0.5) is 0 Å². The summed E-state index contributed by atoms with van der Waals surface area (Å²) in [7, 11) is 2.22. The van der Waals surface area contributed by atoms with Gasteiger partial charge >= 0.3 is 0 Å². The molecule has 3 nitrogen and oxygen atoms in total. The zero-order chi connectivity index (χ0) is 14.5. The molecule has 0 bridgehead atoms. The van der Waals surface area contributed by atoms with Gasteiger partial charge in [-0.3, -0.25) is 0 Å². The van der Waals surface area contributed by atoms with E-state index in [1.165, 1.54) is 25.7 Å². The summed E-state index contributed by atoms with van der Waals surface area (Å²) in [4.78, 5) is 2.42. The third-order valence-corrected chi connectivity index (χ3v) is 5.47. The van der Waals surface area contributed by atoms with Crippen molar-refractivity contribution in [1.29, 1.82) is 0 Å². The predicted octanol–water partition coefficient (Wildman–Crippen LogP) is 2.76. The van der Waals surface area contributed by atoms with Gasteiger partial charge in [0.15, 0.2) is 0 Å². The average molecular weight is 282 g/mol. The largest absolute Gasteiger partial charge is 0.374 e. The van der Waals surface area contributed by atoms with Crippen LogP contribution < -0.4 is 5.32 Å². The van der Waals surface area contributed by atoms with E-state index in [1.54, 1.807) is 0 Å². The highest BCUT2D eigenvalue weighted by atomic mass is 16.5. The fraction of sp³-hybridized carbons (Fsp3) is 1.00. The van der Waals surface area contributed by atoms with Gasteiger partial charge in [-0.1, -0.05) is 27.2 Å². The number of ether oxygens (including phenoxy) is 1. The minimum Gasteiger partial charge on any atom is -0.374 e. The second kappa shape index (κ2) is 7.77. The summed E-state index contributed by atoms with van der Waals surface area (Å²) in [6, 6.07) is 0.549. The number of nitrogens with one attached hydrogen (secondary N) is 1. The Bertz CT molecular complexity index is 284. The Balaban J connectivity index is 1.98. The van der Waals surface area contributed by atoms with Gasteiger partial charge in [0.05, 0.1) is 12.7 Å². The Morgan fingerprint density at radius 3 is 2.70 bits per heavy atom. The van der Waals surface area contributed by atoms with Gasteiger partial charge in [-0.05, 0) is 50.6 Å². The number of hydrogen-bond acceptors (Lipinski definition) is 3. The Morgan fingerprint density at radius 1 is 1.25 bits per heavy atom. The first-order valence-electron chi connectivity index (χ1n) is 8.65. The molecule has 1 N–H and O–H groups in total. The van der Waals surface area contributed by atoms with Gasteiger partial charge in [-0.25, -0.2) is 0 Å². The first kappa shape index (κ1) is 16.3. The van der Waals surface area contributed by atoms with Crippen LogP contribution in [0.15, 0.2) is 0 Å². The summed E-state index contributed by atoms with van der Waals surface area (Å²) in [5, 5.41) is 3.81. The first-order valence-corrected chi connectivity index (χ1v) is 8.65. The van der Waals surface area contributed by atoms with E-state index >= 15 is 0 Å². The predicted molar refractivity (Wildman–Crippen MR) is 85.0 cm³/mol. The molecule has 118 valence electrons. The van der Waals surface area contributed by atoms with E-state index in [0.717, 1.165) is 44.0 Å². The molecule has 5 unspecified atom stereocenters. The molecule has 3 heteroatoms. The summed E-state index contributed by atoms with van der Waals surface area (Å²) in [5.74, 6) is 2.55. The summed E-state index contributed by atoms with van der Waals surface area (Å²) in [6.45, 7) is 11.3. The van der Waals surface area contributed by atoms with Crippen LogP contribution in [-0.4, -0.2) is 50.3 Å². The van der Waals surface area contributed by atoms with Crippen molar-refractivity contribution in [2.75, 3.05) is 33.3 Å². The van der Waals surface area contributed by atoms with E-state index in [1.807, 2.05) is 0 Å². The Morgan fingerprint density at radius 2 is 2.05 bits per heavy atom. The second-order valence-corrected chi connectivity index (χ2v) is 7.18. The topological polar surface area (TPSA) is 24.5 Å². The van der Waals surface area contributed by atoms with Crippen molar-refractivity contribution < 1.29 is 4.74 Å². The summed E-state index contributed by atoms with van der Waals surface area (Å²) in [6.07, 6.45) is 5.71. The number of morpholine rings is 1. The Hall–Kier alpha value is -0.120. The number of rotatable bonds is 5. The minimum atomic E-state index is 0.380. The lowest BCUT2D eigenvalue weighted by Gasteiger charge is -2.43. The molecule has 0 radical (unpaired) electrons. The van der Waals surface area contributed by atoms with E-state index in [0.29, 0.717) is 12.1 Å². The quantitative estimate of drug-likeness (QED) is 0.839. The highest BCUT2D eigenvalue weighted by Crippen LogP contribution is 2.36. The molecule has 5 atom stereocenters. The van der Waals surface area contributed by atoms with E-state index < -0.39 is 0 Å². The van der Waals surface area contributed by atoms with E-state index in [2.05, 4.69) is 38.0 Å². The van der Waals surface area contributed by atoms with Gasteiger partial charge in [-0.15, -0.1) is 0 Å². The molecular weight excluding hydrogens is 248 g/mol. The van der Waals surface area contributed by atoms with E-state index in [4.69, 9.17) is 4.74 Å². The third-order valence-electron chi connectivity index (χ3n) is 5.47. The molecule has 1 aliphatic heterocycles. The maximum Gasteiger partial charge on any atom is 0.0857 e. The van der Waals surface area contributed by atoms with Crippen molar-refractivity contribution >= 4 is 0 Å². The molecule has 1 aliphatic carbocycles. The molecule has 0 aromatic carbocycles. The molecule has 1 heterocycles. The normalized spacial score (nSPS) is 37.8. The van der Waals surface area contributed by atoms with Crippen LogP contribution in [0, 0.1) is 17.8 Å². The lowest BCUT2D eigenvalue weighted by Crippen LogP contribution is -2.55. The van der Waals surface area contributed by atoms with Crippen molar-refractivity contribution in [1.82, 2.24) is 10.2 Å². The molecule has 2 fully saturated rings. The van der Waals surface area contributed by atoms with Gasteiger partial charge in [0.25, 0.3) is 0 Å². The molecule has 0 amide bonds. The molecule has 2 rings (SSSR count). The zero-order valence-corrected chi connectivity index (χ0v) is 13.9. The third kappa shape index (κ3) is 4.19. The standard InChI is InChI=1S/C17H34N2O/c1-5-8-18-17(16-12-19(4)9-10-20-16)15-7-6-13(2)14(3)11-15/h13-18H,5-12H2,1-4H3. The maximum atomic E-state index is 6.12. The van der Waals surface area contributed by atoms with Crippen LogP contribution in [0.3, 0.4) is 0 Å². The van der Waals surface area contributed by atoms with Gasteiger partial charge < -0.3 is 15.0 Å². The highest BCUT2D eigenvalue weighted by Gasteiger charge is 2.36. The zero-order valence-electron chi connectivity index (χ0n) is 13.9. The fourth-order valence-electron chi connectivity index (χ4n) is 3.86. The van der Waals surface area contributed by atoms with E-state index in [-0.39, 0.29) is 0 Å². The molecule has 1 saturated carbocycles. The van der Waals surface area contributed by atoms with Crippen molar-refractivity contribution in [2.45, 2.75) is 58.6 Å². The van der Waals surface area contributed by atoms with Crippen LogP contribution in [0.25, 0.3) is 0 Å². The van der Waals surface area contributed by atoms with Crippen LogP contribution in [-0.2, 0) is 4.74 Å². The number of hydrogen-bond donors (Lipinski definition) is 1. The maximum absolute atomic E-state index is 6.12. The van der Waals surface area contributed by atoms with Crippen LogP contribution >= 0.6 is 0 Å². The molecule has 0 aromatic heterocycles. The lowest BCUT2D eigenvalue weighted by molar-refractivity contribution is -0.0556. The average Bonchev–Trinajstić information content (AvgIpc) is 2.43. The summed E-state index contributed by atoms with van der Waals surface area (Å²) in [5.41, 5.74) is 0. The van der Waals surface area contributed by atoms with Gasteiger partial charge in [0, 0.05) is 19.1 Å². The SMILES string of the molecule is CCCNC(C1CCC(C)C(C)C1)C1CN(C)CCO1. The molecule has 0 spiro atoms. The fourth-order valence-corrected chi connectivity index (χ4v) is 3.86. The van der Waals surface area contributed by atoms with Crippen LogP contribution in [0.5, 0.6) is 0 Å². The van der Waals surface area contributed by atoms with Gasteiger partial charge in [-0.2, -0.15) is 0 Å². The molecular formula is C17H34N2O. The van der Waals surface area contributed by atoms with Crippen molar-refractivity contribution in [3.8, 4) is 0 Å². The number of likely N-dealkylation sites (N-methyl/N-ethyl adjacent to an activating group) is 1. The highest BCUT2D eigenvalue weighted by molar-refractivity contribution is 4.91. The van der Waals surface area contributed by atoms with Gasteiger partial charge in [0.2, 0.25) is 0 Å². The first-order chi connectivity index (χ1) is 9.61. The molecule has 0 aromatic rings. The summed E-state index contributed by atoms with van der Waals surface area (Å²) >= 11 is 0. The Labute approximate surface area is 125 Å². The number of nitrogens with zero attached hydrogens (tertiary/aromatic N) is 1. The van der Waals surface area contributed by atoms with E-state index in [9.17, 15) is 0 Å². The van der Waals surface area contributed by atoms with Crippen LogP contribution in [0.1, 0.15) is 46.5 Å². The van der Waals surface area contributed by atoms with Crippen molar-refractivity contribution in [3.05, 3.63) is 0 Å². The van der Waals surface area contributed by atoms with Crippen LogP contribution in [0.2, 0.25) is 0 Å². The molecule has 1 saturated heterocycles. The summed E-state index contributed by atoms with van der Waals surface area (Å²) < 4.78 is 6.12. The monoisotopic (exact) mass is 282 g/mol. The van der Waals surface area contributed by atoms with Gasteiger partial charge in [0.1, 0.15) is 0 Å². The minimum absolute atomic E-state index is 0.380. The smallest absolute Gasteiger partial charge is 0.0857 e. The van der Waals surface area contributed by atoms with Crippen molar-refractivity contribution in [3.63, 3.8) is 0 Å². The Kier molecular flexibility index (Phi) is 6.31. The lowest BCUT2D eigenvalue weighted by atomic mass is 9.72. The van der Waals surface area contributed by atoms with Crippen molar-refractivity contribution in [2.24, 2.45) is 17.8 Å². The molecule has 2 aliphatic rings. The second-order valence-electron chi connectivity index (χ2n) is 7.18. The molecule has 20 heavy (non-hydrogen) atoms.